The summed E-state index contributed by atoms with van der Waals surface area (Å²) in [4.78, 5) is 2.60. The summed E-state index contributed by atoms with van der Waals surface area (Å²) >= 11 is 9.48. The summed E-state index contributed by atoms with van der Waals surface area (Å²) in [6, 6.07) is 8.59. The molecule has 1 atom stereocenters. The molecule has 0 saturated carbocycles. The molecule has 0 amide bonds. The summed E-state index contributed by atoms with van der Waals surface area (Å²) in [6.07, 6.45) is 2.11. The minimum Gasteiger partial charge on any atom is -0.381 e. The Balaban J connectivity index is 1.88. The van der Waals surface area contributed by atoms with Gasteiger partial charge >= 0.3 is 0 Å². The van der Waals surface area contributed by atoms with Crippen molar-refractivity contribution in [2.75, 3.05) is 19.8 Å². The van der Waals surface area contributed by atoms with Gasteiger partial charge in [-0.05, 0) is 43.0 Å². The number of rotatable bonds is 9. The van der Waals surface area contributed by atoms with Crippen molar-refractivity contribution in [1.29, 1.82) is 0 Å². The average molecular weight is 330 g/mol. The van der Waals surface area contributed by atoms with Crippen molar-refractivity contribution in [3.63, 3.8) is 0 Å². The number of nitrogens with one attached hydrogen (secondary N) is 1. The van der Waals surface area contributed by atoms with E-state index in [1.165, 1.54) is 9.75 Å². The van der Waals surface area contributed by atoms with Crippen LogP contribution >= 0.6 is 34.3 Å². The lowest BCUT2D eigenvalue weighted by molar-refractivity contribution is 0.132. The van der Waals surface area contributed by atoms with Crippen molar-refractivity contribution >= 4 is 34.3 Å². The van der Waals surface area contributed by atoms with E-state index < -0.39 is 0 Å². The van der Waals surface area contributed by atoms with Gasteiger partial charge in [0.15, 0.2) is 0 Å². The van der Waals surface area contributed by atoms with Crippen LogP contribution in [0.25, 0.3) is 0 Å². The maximum Gasteiger partial charge on any atom is 0.0931 e. The Morgan fingerprint density at radius 3 is 2.80 bits per heavy atom. The second kappa shape index (κ2) is 8.80. The second-order valence-corrected chi connectivity index (χ2v) is 7.24. The van der Waals surface area contributed by atoms with Crippen molar-refractivity contribution in [1.82, 2.24) is 5.32 Å². The molecule has 0 aliphatic rings. The van der Waals surface area contributed by atoms with Crippen LogP contribution in [0.2, 0.25) is 4.34 Å². The number of thiophene rings is 2. The molecule has 0 aliphatic carbocycles. The monoisotopic (exact) mass is 329 g/mol. The van der Waals surface area contributed by atoms with Crippen LogP contribution in [0.15, 0.2) is 29.6 Å². The van der Waals surface area contributed by atoms with E-state index in [0.29, 0.717) is 0 Å². The molecule has 1 N–H and O–H groups in total. The van der Waals surface area contributed by atoms with Gasteiger partial charge in [0, 0.05) is 23.0 Å². The Labute approximate surface area is 133 Å². The molecule has 2 aromatic rings. The van der Waals surface area contributed by atoms with Crippen molar-refractivity contribution in [3.05, 3.63) is 43.7 Å². The molecule has 2 heterocycles. The average Bonchev–Trinajstić information content (AvgIpc) is 3.10. The molecule has 0 radical (unpaired) electrons. The summed E-state index contributed by atoms with van der Waals surface area (Å²) in [5.41, 5.74) is 0. The van der Waals surface area contributed by atoms with Gasteiger partial charge in [0.05, 0.1) is 10.4 Å². The zero-order chi connectivity index (χ0) is 14.2. The third kappa shape index (κ3) is 4.86. The van der Waals surface area contributed by atoms with E-state index in [2.05, 4.69) is 35.8 Å². The van der Waals surface area contributed by atoms with Crippen LogP contribution in [0.5, 0.6) is 0 Å². The first kappa shape index (κ1) is 16.0. The molecule has 0 spiro atoms. The first-order valence-corrected chi connectivity index (χ1v) is 8.98. The Hall–Kier alpha value is -0.390. The van der Waals surface area contributed by atoms with Gasteiger partial charge in [0.1, 0.15) is 0 Å². The van der Waals surface area contributed by atoms with Crippen LogP contribution in [0.1, 0.15) is 35.6 Å². The largest absolute Gasteiger partial charge is 0.381 e. The van der Waals surface area contributed by atoms with E-state index in [-0.39, 0.29) is 6.04 Å². The van der Waals surface area contributed by atoms with Crippen molar-refractivity contribution in [2.24, 2.45) is 0 Å². The van der Waals surface area contributed by atoms with Crippen LogP contribution in [0.4, 0.5) is 0 Å². The second-order valence-electron chi connectivity index (χ2n) is 4.51. The minimum absolute atomic E-state index is 0.249. The third-order valence-corrected chi connectivity index (χ3v) is 5.10. The smallest absolute Gasteiger partial charge is 0.0931 e. The van der Waals surface area contributed by atoms with E-state index in [4.69, 9.17) is 16.3 Å². The Morgan fingerprint density at radius 2 is 2.15 bits per heavy atom. The zero-order valence-electron chi connectivity index (χ0n) is 11.6. The summed E-state index contributed by atoms with van der Waals surface area (Å²) < 4.78 is 6.35. The fourth-order valence-electron chi connectivity index (χ4n) is 1.95. The van der Waals surface area contributed by atoms with Gasteiger partial charge in [0.25, 0.3) is 0 Å². The summed E-state index contributed by atoms with van der Waals surface area (Å²) in [6.45, 7) is 4.76. The van der Waals surface area contributed by atoms with Gasteiger partial charge in [-0.1, -0.05) is 24.6 Å². The van der Waals surface area contributed by atoms with Crippen LogP contribution in [0.3, 0.4) is 0 Å². The topological polar surface area (TPSA) is 21.3 Å². The van der Waals surface area contributed by atoms with E-state index >= 15 is 0 Å². The molecular formula is C15H20ClNOS2. The maximum atomic E-state index is 6.06. The van der Waals surface area contributed by atoms with Crippen molar-refractivity contribution < 1.29 is 4.74 Å². The first-order valence-electron chi connectivity index (χ1n) is 6.91. The molecule has 5 heteroatoms. The number of hydrogen-bond acceptors (Lipinski definition) is 4. The van der Waals surface area contributed by atoms with Gasteiger partial charge in [-0.15, -0.1) is 22.7 Å². The highest BCUT2D eigenvalue weighted by molar-refractivity contribution is 7.16. The van der Waals surface area contributed by atoms with Gasteiger partial charge in [0.2, 0.25) is 0 Å². The predicted octanol–water partition coefficient (Wildman–Crippen LogP) is 4.96. The van der Waals surface area contributed by atoms with E-state index in [1.54, 1.807) is 22.7 Å². The summed E-state index contributed by atoms with van der Waals surface area (Å²) in [7, 11) is 0. The first-order chi connectivity index (χ1) is 9.81. The molecule has 0 saturated heterocycles. The fourth-order valence-corrected chi connectivity index (χ4v) is 4.00. The SMILES string of the molecule is CCCOCCCNC(c1cccs1)c1ccc(Cl)s1. The normalized spacial score (nSPS) is 12.7. The zero-order valence-corrected chi connectivity index (χ0v) is 14.0. The van der Waals surface area contributed by atoms with Crippen LogP contribution in [-0.4, -0.2) is 19.8 Å². The van der Waals surface area contributed by atoms with Gasteiger partial charge in [-0.2, -0.15) is 0 Å². The molecule has 0 bridgehead atoms. The molecule has 0 aromatic carbocycles. The molecule has 2 aromatic heterocycles. The third-order valence-electron chi connectivity index (χ3n) is 2.87. The molecule has 110 valence electrons. The Bertz CT molecular complexity index is 484. The lowest BCUT2D eigenvalue weighted by Crippen LogP contribution is -2.23. The maximum absolute atomic E-state index is 6.06. The fraction of sp³-hybridized carbons (Fsp3) is 0.467. The standard InChI is InChI=1S/C15H20ClNOS2/c1-2-9-18-10-4-8-17-15(12-5-3-11-19-12)13-6-7-14(16)20-13/h3,5-7,11,15,17H,2,4,8-10H2,1H3. The Kier molecular flexibility index (Phi) is 7.03. The summed E-state index contributed by atoms with van der Waals surface area (Å²) in [5, 5.41) is 5.73. The van der Waals surface area contributed by atoms with Crippen LogP contribution in [0, 0.1) is 0 Å². The van der Waals surface area contributed by atoms with Gasteiger partial charge in [-0.3, -0.25) is 0 Å². The van der Waals surface area contributed by atoms with Crippen molar-refractivity contribution in [3.8, 4) is 0 Å². The molecule has 2 rings (SSSR count). The summed E-state index contributed by atoms with van der Waals surface area (Å²) in [5.74, 6) is 0. The Morgan fingerprint density at radius 1 is 1.25 bits per heavy atom. The van der Waals surface area contributed by atoms with Gasteiger partial charge < -0.3 is 10.1 Å². The van der Waals surface area contributed by atoms with E-state index in [9.17, 15) is 0 Å². The highest BCUT2D eigenvalue weighted by Crippen LogP contribution is 2.32. The number of hydrogen-bond donors (Lipinski definition) is 1. The van der Waals surface area contributed by atoms with Crippen LogP contribution < -0.4 is 5.32 Å². The van der Waals surface area contributed by atoms with Crippen molar-refractivity contribution in [2.45, 2.75) is 25.8 Å². The van der Waals surface area contributed by atoms with E-state index in [0.717, 1.165) is 36.9 Å². The van der Waals surface area contributed by atoms with E-state index in [1.807, 2.05) is 6.07 Å². The molecule has 0 fully saturated rings. The highest BCUT2D eigenvalue weighted by Gasteiger charge is 2.16. The molecule has 0 aliphatic heterocycles. The molecule has 20 heavy (non-hydrogen) atoms. The molecule has 2 nitrogen and oxygen atoms in total. The molecule has 1 unspecified atom stereocenters. The minimum atomic E-state index is 0.249. The molecular weight excluding hydrogens is 310 g/mol. The number of halogens is 1. The number of ether oxygens (including phenoxy) is 1. The van der Waals surface area contributed by atoms with Gasteiger partial charge in [-0.25, -0.2) is 0 Å². The quantitative estimate of drug-likeness (QED) is 0.656. The lowest BCUT2D eigenvalue weighted by atomic mass is 10.2. The van der Waals surface area contributed by atoms with Crippen LogP contribution in [-0.2, 0) is 4.74 Å². The predicted molar refractivity (Wildman–Crippen MR) is 89.2 cm³/mol. The lowest BCUT2D eigenvalue weighted by Gasteiger charge is -2.16. The highest BCUT2D eigenvalue weighted by atomic mass is 35.5.